The lowest BCUT2D eigenvalue weighted by Crippen LogP contribution is -2.52. The number of allylic oxidation sites excluding steroid dienone is 2. The molecule has 3 aliphatic rings. The zero-order valence-corrected chi connectivity index (χ0v) is 30.2. The number of ether oxygens (including phenoxy) is 4. The number of aliphatic carboxylic acids is 1. The fraction of sp³-hybridized carbons (Fsp3) is 0.605. The number of nitrogens with zero attached hydrogens (tertiary/aromatic N) is 2. The minimum atomic E-state index is -1.20. The second-order valence-corrected chi connectivity index (χ2v) is 15.1. The third-order valence-electron chi connectivity index (χ3n) is 9.68. The summed E-state index contributed by atoms with van der Waals surface area (Å²) in [5.41, 5.74) is -0.535. The van der Waals surface area contributed by atoms with E-state index in [1.807, 2.05) is 45.1 Å². The van der Waals surface area contributed by atoms with Gasteiger partial charge in [-0.3, -0.25) is 14.4 Å². The second-order valence-electron chi connectivity index (χ2n) is 15.1. The number of rotatable bonds is 7. The summed E-state index contributed by atoms with van der Waals surface area (Å²) in [7, 11) is 1.59. The van der Waals surface area contributed by atoms with Crippen LogP contribution in [0.4, 0.5) is 4.79 Å². The normalized spacial score (nSPS) is 26.7. The highest BCUT2D eigenvalue weighted by molar-refractivity contribution is 5.96. The summed E-state index contributed by atoms with van der Waals surface area (Å²) in [5, 5.41) is 13.7. The lowest BCUT2D eigenvalue weighted by Gasteiger charge is -2.30. The molecular formula is C38H51N3O9. The van der Waals surface area contributed by atoms with Gasteiger partial charge in [-0.15, -0.1) is 0 Å². The van der Waals surface area contributed by atoms with Gasteiger partial charge < -0.3 is 34.3 Å². The van der Waals surface area contributed by atoms with Crippen LogP contribution >= 0.6 is 0 Å². The van der Waals surface area contributed by atoms with Crippen LogP contribution in [-0.2, 0) is 19.1 Å². The quantitative estimate of drug-likeness (QED) is 0.323. The Kier molecular flexibility index (Phi) is 11.0. The number of alkyl carbamates (subject to hydrolysis) is 1. The van der Waals surface area contributed by atoms with Crippen LogP contribution in [0, 0.1) is 18.3 Å². The van der Waals surface area contributed by atoms with Gasteiger partial charge >= 0.3 is 12.1 Å². The summed E-state index contributed by atoms with van der Waals surface area (Å²) < 4.78 is 23.6. The van der Waals surface area contributed by atoms with Crippen molar-refractivity contribution in [1.82, 2.24) is 15.2 Å². The number of fused-ring (bicyclic) bond motifs is 3. The van der Waals surface area contributed by atoms with Crippen molar-refractivity contribution in [3.63, 3.8) is 0 Å². The summed E-state index contributed by atoms with van der Waals surface area (Å²) in [6, 6.07) is 3.51. The van der Waals surface area contributed by atoms with Gasteiger partial charge in [0, 0.05) is 29.9 Å². The Labute approximate surface area is 293 Å². The number of methoxy groups -OCH3 is 1. The molecule has 2 aliphatic heterocycles. The fourth-order valence-corrected chi connectivity index (χ4v) is 7.08. The molecule has 0 radical (unpaired) electrons. The molecule has 1 aliphatic carbocycles. The summed E-state index contributed by atoms with van der Waals surface area (Å²) in [4.78, 5) is 60.2. The molecule has 2 N–H and O–H groups in total. The van der Waals surface area contributed by atoms with Crippen LogP contribution in [0.5, 0.6) is 17.4 Å². The van der Waals surface area contributed by atoms with Crippen molar-refractivity contribution in [2.45, 2.75) is 123 Å². The number of nitrogens with one attached hydrogen (secondary N) is 1. The van der Waals surface area contributed by atoms with Crippen LogP contribution in [0.2, 0.25) is 0 Å². The second kappa shape index (κ2) is 14.9. The molecule has 1 saturated heterocycles. The number of benzene rings is 1. The van der Waals surface area contributed by atoms with Crippen molar-refractivity contribution < 1.29 is 43.2 Å². The molecule has 1 aromatic carbocycles. The number of carbonyl (C=O) groups excluding carboxylic acids is 3. The maximum absolute atomic E-state index is 14.4. The van der Waals surface area contributed by atoms with Gasteiger partial charge in [-0.05, 0) is 85.3 Å². The number of aromatic nitrogens is 1. The number of amides is 2. The maximum atomic E-state index is 14.4. The molecule has 2 fully saturated rings. The Morgan fingerprint density at radius 2 is 1.88 bits per heavy atom. The smallest absolute Gasteiger partial charge is 0.408 e. The highest BCUT2D eigenvalue weighted by atomic mass is 16.6. The third-order valence-corrected chi connectivity index (χ3v) is 9.68. The van der Waals surface area contributed by atoms with Gasteiger partial charge in [0.2, 0.25) is 11.8 Å². The van der Waals surface area contributed by atoms with Crippen LogP contribution in [-0.4, -0.2) is 82.3 Å². The van der Waals surface area contributed by atoms with Crippen molar-refractivity contribution in [3.8, 4) is 17.4 Å². The number of carboxylic acids is 1. The van der Waals surface area contributed by atoms with E-state index in [2.05, 4.69) is 5.32 Å². The zero-order chi connectivity index (χ0) is 36.4. The van der Waals surface area contributed by atoms with Gasteiger partial charge in [0.15, 0.2) is 5.78 Å². The number of ketones is 1. The SMILES string of the molecule is COc1ccc2c(O[C@@H]3C[C@H]4C(=O)C[C@]5(C(=O)O)C[C@@H]5/C=C\CCCCC[C@H](NC(=O)OC(C)(C)C)C(=O)N4C3)cc(OC(C)C)nc2c1C. The molecule has 12 heteroatoms. The molecule has 50 heavy (non-hydrogen) atoms. The maximum Gasteiger partial charge on any atom is 0.408 e. The average Bonchev–Trinajstić information content (AvgIpc) is 3.56. The predicted octanol–water partition coefficient (Wildman–Crippen LogP) is 6.15. The molecule has 0 unspecified atom stereocenters. The highest BCUT2D eigenvalue weighted by Crippen LogP contribution is 2.57. The minimum Gasteiger partial charge on any atom is -0.496 e. The Bertz CT molecular complexity index is 1650. The van der Waals surface area contributed by atoms with Crippen molar-refractivity contribution >= 4 is 34.7 Å². The first-order valence-electron chi connectivity index (χ1n) is 17.7. The van der Waals surface area contributed by atoms with Crippen molar-refractivity contribution in [2.24, 2.45) is 11.3 Å². The summed E-state index contributed by atoms with van der Waals surface area (Å²) in [5.74, 6) is -0.518. The zero-order valence-electron chi connectivity index (χ0n) is 30.2. The number of carbonyl (C=O) groups is 4. The van der Waals surface area contributed by atoms with Crippen molar-refractivity contribution in [1.29, 1.82) is 0 Å². The first-order chi connectivity index (χ1) is 23.6. The van der Waals surface area contributed by atoms with Gasteiger partial charge in [0.25, 0.3) is 0 Å². The molecule has 2 amide bonds. The van der Waals surface area contributed by atoms with Gasteiger partial charge in [-0.1, -0.05) is 25.0 Å². The monoisotopic (exact) mass is 693 g/mol. The largest absolute Gasteiger partial charge is 0.496 e. The predicted molar refractivity (Wildman–Crippen MR) is 187 cm³/mol. The van der Waals surface area contributed by atoms with Crippen molar-refractivity contribution in [2.75, 3.05) is 13.7 Å². The molecule has 0 bridgehead atoms. The molecule has 0 spiro atoms. The Morgan fingerprint density at radius 1 is 1.12 bits per heavy atom. The molecule has 3 heterocycles. The molecule has 1 aromatic heterocycles. The van der Waals surface area contributed by atoms with Crippen LogP contribution < -0.4 is 19.5 Å². The van der Waals surface area contributed by atoms with Crippen LogP contribution in [0.25, 0.3) is 10.9 Å². The van der Waals surface area contributed by atoms with E-state index in [9.17, 15) is 24.3 Å². The molecule has 5 rings (SSSR count). The average molecular weight is 694 g/mol. The number of aryl methyl sites for hydroxylation is 1. The molecule has 12 nitrogen and oxygen atoms in total. The first-order valence-corrected chi connectivity index (χ1v) is 17.7. The van der Waals surface area contributed by atoms with E-state index in [1.165, 1.54) is 4.90 Å². The molecular weight excluding hydrogens is 642 g/mol. The van der Waals surface area contributed by atoms with Gasteiger partial charge in [0.05, 0.1) is 36.7 Å². The van der Waals surface area contributed by atoms with Gasteiger partial charge in [-0.2, -0.15) is 0 Å². The lowest BCUT2D eigenvalue weighted by atomic mass is 9.92. The summed E-state index contributed by atoms with van der Waals surface area (Å²) >= 11 is 0. The summed E-state index contributed by atoms with van der Waals surface area (Å²) in [6.45, 7) is 11.0. The Morgan fingerprint density at radius 3 is 2.56 bits per heavy atom. The topological polar surface area (TPSA) is 154 Å². The van der Waals surface area contributed by atoms with E-state index in [4.69, 9.17) is 23.9 Å². The molecule has 5 atom stereocenters. The van der Waals surface area contributed by atoms with Crippen molar-refractivity contribution in [3.05, 3.63) is 35.9 Å². The van der Waals surface area contributed by atoms with Crippen LogP contribution in [0.1, 0.15) is 91.5 Å². The van der Waals surface area contributed by atoms with Gasteiger partial charge in [0.1, 0.15) is 29.2 Å². The number of Topliss-reactive ketones (excluding diaryl/α,β-unsaturated/α-hetero) is 1. The van der Waals surface area contributed by atoms with E-state index in [-0.39, 0.29) is 37.2 Å². The van der Waals surface area contributed by atoms with Crippen LogP contribution in [0.15, 0.2) is 30.4 Å². The molecule has 1 saturated carbocycles. The fourth-order valence-electron chi connectivity index (χ4n) is 7.08. The standard InChI is InChI=1S/C38H51N3O9/c1-22(2)48-32-18-31(26-15-16-30(47-7)23(3)33(26)40-32)49-25-17-28-29(42)20-38(35(44)45)19-24(38)13-11-9-8-10-12-14-27(34(43)41(28)21-25)39-36(46)50-37(4,5)6/h11,13,15-16,18,22,24-25,27-28H,8-10,12,14,17,19-21H2,1-7H3,(H,39,46)(H,44,45)/b13-11-/t24-,25+,27-,28-,38+/m0/s1. The first kappa shape index (κ1) is 36.9. The van der Waals surface area contributed by atoms with E-state index in [1.54, 1.807) is 33.9 Å². The van der Waals surface area contributed by atoms with E-state index >= 15 is 0 Å². The third kappa shape index (κ3) is 8.33. The highest BCUT2D eigenvalue weighted by Gasteiger charge is 2.61. The van der Waals surface area contributed by atoms with E-state index < -0.39 is 47.2 Å². The molecule has 272 valence electrons. The number of pyridine rings is 1. The van der Waals surface area contributed by atoms with E-state index in [0.29, 0.717) is 47.5 Å². The molecule has 2 aromatic rings. The number of hydrogen-bond acceptors (Lipinski definition) is 9. The number of carboxylic acid groups (broad SMARTS) is 1. The lowest BCUT2D eigenvalue weighted by molar-refractivity contribution is -0.147. The number of hydrogen-bond donors (Lipinski definition) is 2. The van der Waals surface area contributed by atoms with E-state index in [0.717, 1.165) is 24.8 Å². The Hall–Kier alpha value is -4.35. The Balaban J connectivity index is 1.50. The van der Waals surface area contributed by atoms with Gasteiger partial charge in [-0.25, -0.2) is 9.78 Å². The summed E-state index contributed by atoms with van der Waals surface area (Å²) in [6.07, 6.45) is 6.22. The van der Waals surface area contributed by atoms with Crippen LogP contribution in [0.3, 0.4) is 0 Å². The minimum absolute atomic E-state index is 0.0600.